The van der Waals surface area contributed by atoms with Gasteiger partial charge in [-0.3, -0.25) is 0 Å². The standard InChI is InChI=1S/C12H15NS/c1-12-7-8-14-11(12)13(2)10-6-4-3-5-9(10)12/h3-6,11H,7-8H2,1-2H3/t11-,12-/m0/s1. The summed E-state index contributed by atoms with van der Waals surface area (Å²) in [7, 11) is 2.23. The lowest BCUT2D eigenvalue weighted by atomic mass is 9.82. The summed E-state index contributed by atoms with van der Waals surface area (Å²) < 4.78 is 0. The molecular weight excluding hydrogens is 190 g/mol. The van der Waals surface area contributed by atoms with Crippen molar-refractivity contribution < 1.29 is 0 Å². The monoisotopic (exact) mass is 205 g/mol. The van der Waals surface area contributed by atoms with Crippen LogP contribution in [-0.2, 0) is 5.41 Å². The average molecular weight is 205 g/mol. The molecule has 1 saturated heterocycles. The lowest BCUT2D eigenvalue weighted by Crippen LogP contribution is -2.34. The van der Waals surface area contributed by atoms with Gasteiger partial charge in [-0.2, -0.15) is 0 Å². The van der Waals surface area contributed by atoms with Gasteiger partial charge in [0, 0.05) is 18.2 Å². The lowest BCUT2D eigenvalue weighted by Gasteiger charge is -2.27. The van der Waals surface area contributed by atoms with E-state index in [0.717, 1.165) is 0 Å². The number of fused-ring (bicyclic) bond motifs is 3. The number of hydrogen-bond donors (Lipinski definition) is 0. The van der Waals surface area contributed by atoms with Gasteiger partial charge < -0.3 is 4.90 Å². The molecular formula is C12H15NS. The van der Waals surface area contributed by atoms with Gasteiger partial charge in [-0.05, 0) is 23.8 Å². The van der Waals surface area contributed by atoms with E-state index in [1.54, 1.807) is 5.56 Å². The number of nitrogens with zero attached hydrogens (tertiary/aromatic N) is 1. The van der Waals surface area contributed by atoms with Crippen LogP contribution in [0.15, 0.2) is 24.3 Å². The van der Waals surface area contributed by atoms with E-state index in [4.69, 9.17) is 0 Å². The molecule has 0 amide bonds. The molecule has 0 bridgehead atoms. The predicted molar refractivity (Wildman–Crippen MR) is 63.1 cm³/mol. The third-order valence-corrected chi connectivity index (χ3v) is 5.29. The first-order chi connectivity index (χ1) is 6.73. The van der Waals surface area contributed by atoms with E-state index >= 15 is 0 Å². The van der Waals surface area contributed by atoms with Crippen LogP contribution in [0.4, 0.5) is 5.69 Å². The Labute approximate surface area is 89.5 Å². The molecule has 1 aromatic rings. The molecule has 2 heteroatoms. The van der Waals surface area contributed by atoms with Crippen molar-refractivity contribution in [3.63, 3.8) is 0 Å². The summed E-state index contributed by atoms with van der Waals surface area (Å²) in [4.78, 5) is 2.45. The van der Waals surface area contributed by atoms with Crippen LogP contribution in [0.2, 0.25) is 0 Å². The van der Waals surface area contributed by atoms with Gasteiger partial charge in [-0.1, -0.05) is 25.1 Å². The van der Waals surface area contributed by atoms with Crippen LogP contribution in [0.1, 0.15) is 18.9 Å². The highest BCUT2D eigenvalue weighted by Crippen LogP contribution is 2.54. The molecule has 1 aromatic carbocycles. The van der Waals surface area contributed by atoms with Crippen molar-refractivity contribution >= 4 is 17.4 Å². The van der Waals surface area contributed by atoms with Crippen LogP contribution in [0.3, 0.4) is 0 Å². The minimum atomic E-state index is 0.399. The molecule has 14 heavy (non-hydrogen) atoms. The van der Waals surface area contributed by atoms with Crippen molar-refractivity contribution in [2.24, 2.45) is 0 Å². The molecule has 0 aliphatic carbocycles. The van der Waals surface area contributed by atoms with Crippen molar-refractivity contribution in [2.75, 3.05) is 17.7 Å². The summed E-state index contributed by atoms with van der Waals surface area (Å²) in [5.41, 5.74) is 3.39. The normalized spacial score (nSPS) is 34.4. The fourth-order valence-corrected chi connectivity index (χ4v) is 4.60. The zero-order valence-electron chi connectivity index (χ0n) is 8.66. The van der Waals surface area contributed by atoms with Gasteiger partial charge in [0.25, 0.3) is 0 Å². The van der Waals surface area contributed by atoms with Gasteiger partial charge in [-0.15, -0.1) is 11.8 Å². The zero-order valence-corrected chi connectivity index (χ0v) is 9.47. The second-order valence-corrected chi connectivity index (χ2v) is 5.71. The van der Waals surface area contributed by atoms with Crippen LogP contribution in [-0.4, -0.2) is 18.2 Å². The van der Waals surface area contributed by atoms with E-state index in [2.05, 4.69) is 54.9 Å². The number of anilines is 1. The minimum Gasteiger partial charge on any atom is -0.361 e. The minimum absolute atomic E-state index is 0.399. The number of benzene rings is 1. The fourth-order valence-electron chi connectivity index (χ4n) is 2.89. The number of para-hydroxylation sites is 1. The van der Waals surface area contributed by atoms with Gasteiger partial charge >= 0.3 is 0 Å². The first kappa shape index (κ1) is 8.66. The second kappa shape index (κ2) is 2.69. The lowest BCUT2D eigenvalue weighted by molar-refractivity contribution is 0.487. The quantitative estimate of drug-likeness (QED) is 0.640. The number of thioether (sulfide) groups is 1. The highest BCUT2D eigenvalue weighted by molar-refractivity contribution is 8.00. The van der Waals surface area contributed by atoms with E-state index in [-0.39, 0.29) is 0 Å². The summed E-state index contributed by atoms with van der Waals surface area (Å²) >= 11 is 2.10. The van der Waals surface area contributed by atoms with Crippen LogP contribution >= 0.6 is 11.8 Å². The second-order valence-electron chi connectivity index (χ2n) is 4.52. The molecule has 2 atom stereocenters. The molecule has 2 aliphatic rings. The third kappa shape index (κ3) is 0.876. The summed E-state index contributed by atoms with van der Waals surface area (Å²) in [5, 5.41) is 0.667. The Bertz CT molecular complexity index is 376. The van der Waals surface area contributed by atoms with E-state index in [1.165, 1.54) is 17.9 Å². The van der Waals surface area contributed by atoms with Crippen LogP contribution in [0.5, 0.6) is 0 Å². The van der Waals surface area contributed by atoms with Gasteiger partial charge in [0.2, 0.25) is 0 Å². The molecule has 0 aromatic heterocycles. The largest absolute Gasteiger partial charge is 0.361 e. The van der Waals surface area contributed by atoms with E-state index < -0.39 is 0 Å². The molecule has 0 spiro atoms. The van der Waals surface area contributed by atoms with E-state index in [9.17, 15) is 0 Å². The average Bonchev–Trinajstić information content (AvgIpc) is 2.67. The van der Waals surface area contributed by atoms with Crippen molar-refractivity contribution in [3.05, 3.63) is 29.8 Å². The van der Waals surface area contributed by atoms with Crippen molar-refractivity contribution in [3.8, 4) is 0 Å². The Morgan fingerprint density at radius 1 is 1.43 bits per heavy atom. The van der Waals surface area contributed by atoms with Crippen LogP contribution < -0.4 is 4.90 Å². The molecule has 0 saturated carbocycles. The summed E-state index contributed by atoms with van der Waals surface area (Å²) in [6.07, 6.45) is 1.32. The van der Waals surface area contributed by atoms with Gasteiger partial charge in [0.1, 0.15) is 0 Å². The van der Waals surface area contributed by atoms with Gasteiger partial charge in [0.05, 0.1) is 5.37 Å². The van der Waals surface area contributed by atoms with E-state index in [0.29, 0.717) is 10.8 Å². The molecule has 1 fully saturated rings. The maximum atomic E-state index is 2.45. The maximum Gasteiger partial charge on any atom is 0.0842 e. The van der Waals surface area contributed by atoms with Gasteiger partial charge in [-0.25, -0.2) is 0 Å². The molecule has 3 rings (SSSR count). The molecule has 2 heterocycles. The fraction of sp³-hybridized carbons (Fsp3) is 0.500. The highest BCUT2D eigenvalue weighted by Gasteiger charge is 2.49. The molecule has 0 radical (unpaired) electrons. The molecule has 0 N–H and O–H groups in total. The van der Waals surface area contributed by atoms with Gasteiger partial charge in [0.15, 0.2) is 0 Å². The first-order valence-corrected chi connectivity index (χ1v) is 6.22. The molecule has 1 nitrogen and oxygen atoms in total. The van der Waals surface area contributed by atoms with Crippen molar-refractivity contribution in [2.45, 2.75) is 24.1 Å². The Hall–Kier alpha value is -0.630. The zero-order chi connectivity index (χ0) is 9.76. The van der Waals surface area contributed by atoms with E-state index in [1.807, 2.05) is 0 Å². The number of hydrogen-bond acceptors (Lipinski definition) is 2. The summed E-state index contributed by atoms with van der Waals surface area (Å²) in [5.74, 6) is 1.31. The Morgan fingerprint density at radius 2 is 2.21 bits per heavy atom. The first-order valence-electron chi connectivity index (χ1n) is 5.17. The third-order valence-electron chi connectivity index (χ3n) is 3.69. The Kier molecular flexibility index (Phi) is 1.67. The Balaban J connectivity index is 2.21. The molecule has 74 valence electrons. The number of likely N-dealkylation sites (N-methyl/N-ethyl adjacent to an activating group) is 1. The van der Waals surface area contributed by atoms with Crippen molar-refractivity contribution in [1.29, 1.82) is 0 Å². The molecule has 2 aliphatic heterocycles. The molecule has 0 unspecified atom stereocenters. The summed E-state index contributed by atoms with van der Waals surface area (Å²) in [6.45, 7) is 2.42. The summed E-state index contributed by atoms with van der Waals surface area (Å²) in [6, 6.07) is 8.87. The Morgan fingerprint density at radius 3 is 3.07 bits per heavy atom. The maximum absolute atomic E-state index is 2.45. The van der Waals surface area contributed by atoms with Crippen LogP contribution in [0, 0.1) is 0 Å². The van der Waals surface area contributed by atoms with Crippen LogP contribution in [0.25, 0.3) is 0 Å². The topological polar surface area (TPSA) is 3.24 Å². The SMILES string of the molecule is CN1c2ccccc2[C@]2(C)CCS[C@H]12. The number of rotatable bonds is 0. The smallest absolute Gasteiger partial charge is 0.0842 e. The predicted octanol–water partition coefficient (Wildman–Crippen LogP) is 2.86. The highest BCUT2D eigenvalue weighted by atomic mass is 32.2. The van der Waals surface area contributed by atoms with Crippen molar-refractivity contribution in [1.82, 2.24) is 0 Å².